The zero-order chi connectivity index (χ0) is 13.0. The van der Waals surface area contributed by atoms with Crippen molar-refractivity contribution >= 4 is 12.3 Å². The van der Waals surface area contributed by atoms with Gasteiger partial charge in [-0.2, -0.15) is 0 Å². The predicted molar refractivity (Wildman–Crippen MR) is 66.4 cm³/mol. The lowest BCUT2D eigenvalue weighted by atomic mass is 10.2. The van der Waals surface area contributed by atoms with E-state index in [1.54, 1.807) is 19.2 Å². The van der Waals surface area contributed by atoms with Crippen LogP contribution in [0.15, 0.2) is 42.5 Å². The number of hydrogen-bond acceptors (Lipinski definition) is 3. The molecule has 0 unspecified atom stereocenters. The highest BCUT2D eigenvalue weighted by atomic mass is 16.5. The van der Waals surface area contributed by atoms with Gasteiger partial charge in [-0.1, -0.05) is 30.3 Å². The minimum absolute atomic E-state index is 0.223. The molecule has 0 bridgehead atoms. The maximum atomic E-state index is 11.8. The Morgan fingerprint density at radius 1 is 1.22 bits per heavy atom. The van der Waals surface area contributed by atoms with Gasteiger partial charge in [0.05, 0.1) is 5.69 Å². The molecule has 2 rings (SSSR count). The average molecular weight is 243 g/mol. The van der Waals surface area contributed by atoms with E-state index in [4.69, 9.17) is 4.74 Å². The Balaban J connectivity index is 2.04. The largest absolute Gasteiger partial charge is 0.456 e. The number of esters is 1. The van der Waals surface area contributed by atoms with E-state index in [0.29, 0.717) is 17.7 Å². The van der Waals surface area contributed by atoms with Crippen molar-refractivity contribution in [2.75, 3.05) is 0 Å². The maximum Gasteiger partial charge on any atom is 0.355 e. The van der Waals surface area contributed by atoms with E-state index in [9.17, 15) is 9.59 Å². The Labute approximate surface area is 105 Å². The van der Waals surface area contributed by atoms with Crippen molar-refractivity contribution in [3.63, 3.8) is 0 Å². The summed E-state index contributed by atoms with van der Waals surface area (Å²) in [5, 5.41) is 0. The number of hydrogen-bond donors (Lipinski definition) is 0. The summed E-state index contributed by atoms with van der Waals surface area (Å²) in [5.41, 5.74) is 1.74. The minimum Gasteiger partial charge on any atom is -0.456 e. The van der Waals surface area contributed by atoms with E-state index >= 15 is 0 Å². The number of nitrogens with zero attached hydrogens (tertiary/aromatic N) is 1. The lowest BCUT2D eigenvalue weighted by Gasteiger charge is -2.06. The van der Waals surface area contributed by atoms with E-state index in [0.717, 1.165) is 5.56 Å². The Morgan fingerprint density at radius 2 is 1.94 bits per heavy atom. The first kappa shape index (κ1) is 12.1. The second kappa shape index (κ2) is 5.31. The van der Waals surface area contributed by atoms with Gasteiger partial charge in [0.2, 0.25) is 0 Å². The smallest absolute Gasteiger partial charge is 0.355 e. The molecule has 92 valence electrons. The lowest BCUT2D eigenvalue weighted by Crippen LogP contribution is -2.11. The van der Waals surface area contributed by atoms with Gasteiger partial charge < -0.3 is 9.30 Å². The third-order valence-corrected chi connectivity index (χ3v) is 2.70. The number of ether oxygens (including phenoxy) is 1. The Bertz CT molecular complexity index is 558. The second-order valence-corrected chi connectivity index (χ2v) is 3.88. The number of aromatic nitrogens is 1. The SMILES string of the molecule is Cn1c(C=O)ccc1C(=O)OCc1ccccc1. The number of carbonyl (C=O) groups is 2. The van der Waals surface area contributed by atoms with Crippen LogP contribution in [0.25, 0.3) is 0 Å². The molecule has 0 aliphatic heterocycles. The number of aldehydes is 1. The fourth-order valence-electron chi connectivity index (χ4n) is 1.65. The molecule has 0 atom stereocenters. The summed E-state index contributed by atoms with van der Waals surface area (Å²) < 4.78 is 6.69. The van der Waals surface area contributed by atoms with E-state index in [2.05, 4.69) is 0 Å². The van der Waals surface area contributed by atoms with Crippen molar-refractivity contribution in [1.82, 2.24) is 4.57 Å². The van der Waals surface area contributed by atoms with Crippen molar-refractivity contribution in [3.8, 4) is 0 Å². The summed E-state index contributed by atoms with van der Waals surface area (Å²) >= 11 is 0. The summed E-state index contributed by atoms with van der Waals surface area (Å²) in [5.74, 6) is -0.436. The molecule has 1 aromatic carbocycles. The van der Waals surface area contributed by atoms with Gasteiger partial charge in [0.15, 0.2) is 6.29 Å². The molecule has 0 radical (unpaired) electrons. The number of rotatable bonds is 4. The van der Waals surface area contributed by atoms with Crippen LogP contribution in [0.2, 0.25) is 0 Å². The van der Waals surface area contributed by atoms with Gasteiger partial charge in [-0.25, -0.2) is 4.79 Å². The molecule has 18 heavy (non-hydrogen) atoms. The average Bonchev–Trinajstić information content (AvgIpc) is 2.78. The molecule has 0 fully saturated rings. The Hall–Kier alpha value is -2.36. The van der Waals surface area contributed by atoms with Gasteiger partial charge in [-0.15, -0.1) is 0 Å². The highest BCUT2D eigenvalue weighted by molar-refractivity contribution is 5.89. The molecular formula is C14H13NO3. The molecule has 1 heterocycles. The normalized spacial score (nSPS) is 10.1. The van der Waals surface area contributed by atoms with Crippen LogP contribution in [0, 0.1) is 0 Å². The van der Waals surface area contributed by atoms with Crippen molar-refractivity contribution in [2.24, 2.45) is 7.05 Å². The predicted octanol–water partition coefficient (Wildman–Crippen LogP) is 2.19. The Morgan fingerprint density at radius 3 is 2.56 bits per heavy atom. The van der Waals surface area contributed by atoms with E-state index in [1.807, 2.05) is 30.3 Å². The molecule has 4 nitrogen and oxygen atoms in total. The van der Waals surface area contributed by atoms with E-state index in [1.165, 1.54) is 4.57 Å². The van der Waals surface area contributed by atoms with Crippen molar-refractivity contribution in [1.29, 1.82) is 0 Å². The topological polar surface area (TPSA) is 48.3 Å². The maximum absolute atomic E-state index is 11.8. The quantitative estimate of drug-likeness (QED) is 0.611. The lowest BCUT2D eigenvalue weighted by molar-refractivity contribution is 0.0461. The fourth-order valence-corrected chi connectivity index (χ4v) is 1.65. The molecular weight excluding hydrogens is 230 g/mol. The summed E-state index contributed by atoms with van der Waals surface area (Å²) in [6.45, 7) is 0.223. The zero-order valence-electron chi connectivity index (χ0n) is 10.00. The molecule has 1 aromatic heterocycles. The summed E-state index contributed by atoms with van der Waals surface area (Å²) in [7, 11) is 1.66. The van der Waals surface area contributed by atoms with Gasteiger partial charge in [0, 0.05) is 7.05 Å². The molecule has 0 amide bonds. The third-order valence-electron chi connectivity index (χ3n) is 2.70. The van der Waals surface area contributed by atoms with Crippen molar-refractivity contribution in [2.45, 2.75) is 6.61 Å². The first-order chi connectivity index (χ1) is 8.72. The molecule has 2 aromatic rings. The van der Waals surface area contributed by atoms with Crippen LogP contribution < -0.4 is 0 Å². The summed E-state index contributed by atoms with van der Waals surface area (Å²) in [4.78, 5) is 22.5. The first-order valence-corrected chi connectivity index (χ1v) is 5.54. The molecule has 0 saturated carbocycles. The second-order valence-electron chi connectivity index (χ2n) is 3.88. The third kappa shape index (κ3) is 2.48. The van der Waals surface area contributed by atoms with Gasteiger partial charge in [0.25, 0.3) is 0 Å². The van der Waals surface area contributed by atoms with Crippen molar-refractivity contribution in [3.05, 3.63) is 59.4 Å². The van der Waals surface area contributed by atoms with Crippen LogP contribution in [0.4, 0.5) is 0 Å². The summed E-state index contributed by atoms with van der Waals surface area (Å²) in [6.07, 6.45) is 0.702. The molecule has 0 aliphatic rings. The minimum atomic E-state index is -0.436. The van der Waals surface area contributed by atoms with Crippen LogP contribution >= 0.6 is 0 Å². The monoisotopic (exact) mass is 243 g/mol. The summed E-state index contributed by atoms with van der Waals surface area (Å²) in [6, 6.07) is 12.6. The molecule has 0 saturated heterocycles. The van der Waals surface area contributed by atoms with Crippen LogP contribution in [0.1, 0.15) is 26.5 Å². The van der Waals surface area contributed by atoms with E-state index < -0.39 is 5.97 Å². The highest BCUT2D eigenvalue weighted by Crippen LogP contribution is 2.09. The number of benzene rings is 1. The standard InChI is InChI=1S/C14H13NO3/c1-15-12(9-16)7-8-13(15)14(17)18-10-11-5-3-2-4-6-11/h2-9H,10H2,1H3. The Kier molecular flexibility index (Phi) is 3.57. The molecule has 4 heteroatoms. The van der Waals surface area contributed by atoms with Crippen LogP contribution in [0.5, 0.6) is 0 Å². The van der Waals surface area contributed by atoms with Crippen LogP contribution in [-0.2, 0) is 18.4 Å². The van der Waals surface area contributed by atoms with Gasteiger partial charge in [-0.3, -0.25) is 4.79 Å². The van der Waals surface area contributed by atoms with E-state index in [-0.39, 0.29) is 6.61 Å². The van der Waals surface area contributed by atoms with Crippen LogP contribution in [0.3, 0.4) is 0 Å². The number of carbonyl (C=O) groups excluding carboxylic acids is 2. The first-order valence-electron chi connectivity index (χ1n) is 5.54. The highest BCUT2D eigenvalue weighted by Gasteiger charge is 2.13. The molecule has 0 spiro atoms. The van der Waals surface area contributed by atoms with Gasteiger partial charge in [0.1, 0.15) is 12.3 Å². The fraction of sp³-hybridized carbons (Fsp3) is 0.143. The molecule has 0 N–H and O–H groups in total. The van der Waals surface area contributed by atoms with Gasteiger partial charge in [-0.05, 0) is 17.7 Å². The van der Waals surface area contributed by atoms with Crippen LogP contribution in [-0.4, -0.2) is 16.8 Å². The zero-order valence-corrected chi connectivity index (χ0v) is 10.00. The molecule has 0 aliphatic carbocycles. The van der Waals surface area contributed by atoms with Crippen molar-refractivity contribution < 1.29 is 14.3 Å². The van der Waals surface area contributed by atoms with Gasteiger partial charge >= 0.3 is 5.97 Å².